The molecule has 0 saturated carbocycles. The Bertz CT molecular complexity index is 633. The van der Waals surface area contributed by atoms with E-state index in [9.17, 15) is 12.8 Å². The molecule has 5 nitrogen and oxygen atoms in total. The number of nitrogens with two attached hydrogens (primary N) is 1. The van der Waals surface area contributed by atoms with E-state index in [0.717, 1.165) is 0 Å². The zero-order valence-corrected chi connectivity index (χ0v) is 13.3. The number of rotatable bonds is 3. The molecule has 1 aliphatic heterocycles. The molecule has 0 amide bonds. The molecule has 1 saturated heterocycles. The third kappa shape index (κ3) is 3.11. The van der Waals surface area contributed by atoms with Gasteiger partial charge in [-0.05, 0) is 38.5 Å². The van der Waals surface area contributed by atoms with Gasteiger partial charge < -0.3 is 10.5 Å². The monoisotopic (exact) mass is 316 g/mol. The summed E-state index contributed by atoms with van der Waals surface area (Å²) in [6.45, 7) is 5.77. The Morgan fingerprint density at radius 3 is 2.71 bits per heavy atom. The quantitative estimate of drug-likeness (QED) is 0.914. The Morgan fingerprint density at radius 2 is 2.10 bits per heavy atom. The molecule has 1 aromatic carbocycles. The number of hydrogen-bond donors (Lipinski definition) is 1. The minimum absolute atomic E-state index is 0.0366. The van der Waals surface area contributed by atoms with Gasteiger partial charge in [-0.2, -0.15) is 4.31 Å². The van der Waals surface area contributed by atoms with Crippen molar-refractivity contribution < 1.29 is 17.5 Å². The van der Waals surface area contributed by atoms with Crippen molar-refractivity contribution in [1.82, 2.24) is 4.31 Å². The van der Waals surface area contributed by atoms with Gasteiger partial charge in [-0.1, -0.05) is 0 Å². The van der Waals surface area contributed by atoms with Gasteiger partial charge in [0.2, 0.25) is 10.0 Å². The van der Waals surface area contributed by atoms with E-state index < -0.39 is 15.8 Å². The number of nitrogens with zero attached hydrogens (tertiary/aromatic N) is 1. The lowest BCUT2D eigenvalue weighted by Crippen LogP contribution is -2.50. The highest BCUT2D eigenvalue weighted by Gasteiger charge is 2.34. The van der Waals surface area contributed by atoms with Crippen LogP contribution in [0.5, 0.6) is 0 Å². The maximum absolute atomic E-state index is 13.8. The van der Waals surface area contributed by atoms with Crippen LogP contribution in [0, 0.1) is 12.7 Å². The minimum Gasteiger partial charge on any atom is -0.375 e. The van der Waals surface area contributed by atoms with Gasteiger partial charge >= 0.3 is 0 Å². The molecule has 0 spiro atoms. The lowest BCUT2D eigenvalue weighted by molar-refractivity contribution is -0.0170. The molecule has 1 heterocycles. The van der Waals surface area contributed by atoms with E-state index in [2.05, 4.69) is 0 Å². The van der Waals surface area contributed by atoms with Gasteiger partial charge in [0.05, 0.1) is 17.6 Å². The van der Waals surface area contributed by atoms with Crippen LogP contribution in [0.2, 0.25) is 0 Å². The summed E-state index contributed by atoms with van der Waals surface area (Å²) < 4.78 is 46.3. The minimum atomic E-state index is -3.68. The summed E-state index contributed by atoms with van der Waals surface area (Å²) in [5.41, 5.74) is 5.98. The van der Waals surface area contributed by atoms with Crippen LogP contribution in [0.3, 0.4) is 0 Å². The first-order valence-corrected chi connectivity index (χ1v) is 8.34. The fraction of sp³-hybridized carbons (Fsp3) is 0.571. The molecular formula is C14H21FN2O3S. The number of halogens is 1. The molecule has 21 heavy (non-hydrogen) atoms. The number of benzene rings is 1. The molecule has 2 rings (SSSR count). The van der Waals surface area contributed by atoms with Crippen LogP contribution < -0.4 is 5.73 Å². The second kappa shape index (κ2) is 6.00. The summed E-state index contributed by atoms with van der Waals surface area (Å²) in [5, 5.41) is 0. The number of aryl methyl sites for hydroxylation is 1. The predicted molar refractivity (Wildman–Crippen MR) is 77.8 cm³/mol. The Labute approximate surface area is 124 Å². The van der Waals surface area contributed by atoms with E-state index in [1.807, 2.05) is 6.92 Å². The molecule has 0 aliphatic carbocycles. The maximum Gasteiger partial charge on any atom is 0.243 e. The van der Waals surface area contributed by atoms with E-state index >= 15 is 0 Å². The average molecular weight is 316 g/mol. The molecule has 0 radical (unpaired) electrons. The summed E-state index contributed by atoms with van der Waals surface area (Å²) in [5.74, 6) is -0.445. The average Bonchev–Trinajstić information content (AvgIpc) is 2.44. The van der Waals surface area contributed by atoms with Gasteiger partial charge in [0.1, 0.15) is 5.82 Å². The largest absolute Gasteiger partial charge is 0.375 e. The van der Waals surface area contributed by atoms with E-state index in [1.165, 1.54) is 16.4 Å². The number of morpholine rings is 1. The molecule has 0 aromatic heterocycles. The van der Waals surface area contributed by atoms with Crippen molar-refractivity contribution in [1.29, 1.82) is 0 Å². The second-order valence-corrected chi connectivity index (χ2v) is 7.38. The smallest absolute Gasteiger partial charge is 0.243 e. The summed E-state index contributed by atoms with van der Waals surface area (Å²) in [6.07, 6.45) is -0.161. The van der Waals surface area contributed by atoms with E-state index in [-0.39, 0.29) is 41.3 Å². The van der Waals surface area contributed by atoms with E-state index in [0.29, 0.717) is 6.61 Å². The standard InChI is InChI=1S/C14H21FN2O3S/c1-9-4-13(5-12(6-16)14(9)15)21(18,19)17-7-11(3)20-8-10(17)2/h4-5,10-11H,6-8,16H2,1-3H3. The summed E-state index contributed by atoms with van der Waals surface area (Å²) >= 11 is 0. The van der Waals surface area contributed by atoms with Crippen molar-refractivity contribution in [3.63, 3.8) is 0 Å². The predicted octanol–water partition coefficient (Wildman–Crippen LogP) is 1.39. The first kappa shape index (κ1) is 16.4. The second-order valence-electron chi connectivity index (χ2n) is 5.49. The van der Waals surface area contributed by atoms with Gasteiger partial charge in [-0.25, -0.2) is 12.8 Å². The molecule has 1 aliphatic rings. The zero-order chi connectivity index (χ0) is 15.8. The zero-order valence-electron chi connectivity index (χ0n) is 12.5. The lowest BCUT2D eigenvalue weighted by atomic mass is 10.1. The Balaban J connectivity index is 2.46. The van der Waals surface area contributed by atoms with Crippen molar-refractivity contribution in [2.24, 2.45) is 5.73 Å². The molecule has 1 aromatic rings. The van der Waals surface area contributed by atoms with Crippen LogP contribution in [-0.4, -0.2) is 38.0 Å². The first-order valence-electron chi connectivity index (χ1n) is 6.90. The fourth-order valence-electron chi connectivity index (χ4n) is 2.45. The highest BCUT2D eigenvalue weighted by molar-refractivity contribution is 7.89. The molecule has 1 fully saturated rings. The van der Waals surface area contributed by atoms with Crippen molar-refractivity contribution >= 4 is 10.0 Å². The fourth-order valence-corrected chi connectivity index (χ4v) is 4.28. The molecule has 2 N–H and O–H groups in total. The van der Waals surface area contributed by atoms with Crippen LogP contribution in [0.15, 0.2) is 17.0 Å². The van der Waals surface area contributed by atoms with Crippen LogP contribution in [-0.2, 0) is 21.3 Å². The molecule has 0 bridgehead atoms. The van der Waals surface area contributed by atoms with E-state index in [4.69, 9.17) is 10.5 Å². The van der Waals surface area contributed by atoms with Crippen molar-refractivity contribution in [2.75, 3.05) is 13.2 Å². The maximum atomic E-state index is 13.8. The number of hydrogen-bond acceptors (Lipinski definition) is 4. The van der Waals surface area contributed by atoms with Gasteiger partial charge in [0.25, 0.3) is 0 Å². The van der Waals surface area contributed by atoms with Crippen LogP contribution in [0.25, 0.3) is 0 Å². The van der Waals surface area contributed by atoms with Crippen LogP contribution >= 0.6 is 0 Å². The van der Waals surface area contributed by atoms with Gasteiger partial charge in [-0.3, -0.25) is 0 Å². The third-order valence-electron chi connectivity index (χ3n) is 3.68. The van der Waals surface area contributed by atoms with Gasteiger partial charge in [0, 0.05) is 24.7 Å². The molecule has 118 valence electrons. The Morgan fingerprint density at radius 1 is 1.43 bits per heavy atom. The normalized spacial score (nSPS) is 24.2. The topological polar surface area (TPSA) is 72.6 Å². The van der Waals surface area contributed by atoms with Crippen molar-refractivity contribution in [3.05, 3.63) is 29.1 Å². The molecular weight excluding hydrogens is 295 g/mol. The highest BCUT2D eigenvalue weighted by atomic mass is 32.2. The summed E-state index contributed by atoms with van der Waals surface area (Å²) in [7, 11) is -3.68. The summed E-state index contributed by atoms with van der Waals surface area (Å²) in [4.78, 5) is 0.0859. The molecule has 2 atom stereocenters. The summed E-state index contributed by atoms with van der Waals surface area (Å²) in [6, 6.07) is 2.43. The van der Waals surface area contributed by atoms with Crippen LogP contribution in [0.1, 0.15) is 25.0 Å². The van der Waals surface area contributed by atoms with Crippen molar-refractivity contribution in [2.45, 2.75) is 44.4 Å². The number of ether oxygens (including phenoxy) is 1. The SMILES string of the molecule is Cc1cc(S(=O)(=O)N2CC(C)OCC2C)cc(CN)c1F. The highest BCUT2D eigenvalue weighted by Crippen LogP contribution is 2.25. The third-order valence-corrected chi connectivity index (χ3v) is 5.64. The van der Waals surface area contributed by atoms with E-state index in [1.54, 1.807) is 13.8 Å². The van der Waals surface area contributed by atoms with Crippen LogP contribution in [0.4, 0.5) is 4.39 Å². The molecule has 2 unspecified atom stereocenters. The van der Waals surface area contributed by atoms with Gasteiger partial charge in [0.15, 0.2) is 0 Å². The van der Waals surface area contributed by atoms with Gasteiger partial charge in [-0.15, -0.1) is 0 Å². The molecule has 7 heteroatoms. The lowest BCUT2D eigenvalue weighted by Gasteiger charge is -2.35. The van der Waals surface area contributed by atoms with Crippen molar-refractivity contribution in [3.8, 4) is 0 Å². The number of sulfonamides is 1. The Kier molecular flexibility index (Phi) is 4.67. The Hall–Kier alpha value is -1.02. The first-order chi connectivity index (χ1) is 9.77.